The molecular formula is C11H22N2O. The number of piperidine rings is 1. The summed E-state index contributed by atoms with van der Waals surface area (Å²) in [6, 6.07) is 0. The Bertz CT molecular complexity index is 199. The van der Waals surface area contributed by atoms with Crippen molar-refractivity contribution in [3.05, 3.63) is 0 Å². The molecule has 1 saturated heterocycles. The number of hydrogen-bond acceptors (Lipinski definition) is 3. The average molecular weight is 198 g/mol. The molecule has 1 aliphatic carbocycles. The summed E-state index contributed by atoms with van der Waals surface area (Å²) in [5.41, 5.74) is 5.33. The van der Waals surface area contributed by atoms with Gasteiger partial charge >= 0.3 is 0 Å². The van der Waals surface area contributed by atoms with Crippen molar-refractivity contribution in [1.29, 1.82) is 0 Å². The maximum Gasteiger partial charge on any atom is 0.0740 e. The van der Waals surface area contributed by atoms with Crippen molar-refractivity contribution in [3.63, 3.8) is 0 Å². The van der Waals surface area contributed by atoms with Crippen LogP contribution >= 0.6 is 0 Å². The third-order valence-electron chi connectivity index (χ3n) is 4.14. The van der Waals surface area contributed by atoms with E-state index >= 15 is 0 Å². The Labute approximate surface area is 86.3 Å². The largest absolute Gasteiger partial charge is 0.389 e. The summed E-state index contributed by atoms with van der Waals surface area (Å²) < 4.78 is 0. The first kappa shape index (κ1) is 10.4. The minimum Gasteiger partial charge on any atom is -0.389 e. The smallest absolute Gasteiger partial charge is 0.0740 e. The van der Waals surface area contributed by atoms with Crippen LogP contribution in [-0.2, 0) is 0 Å². The SMILES string of the molecule is CN1CC(CN)C2(O)CCCCC2C1. The Morgan fingerprint density at radius 2 is 2.21 bits per heavy atom. The van der Waals surface area contributed by atoms with Gasteiger partial charge in [0.05, 0.1) is 5.60 Å². The van der Waals surface area contributed by atoms with Gasteiger partial charge in [-0.05, 0) is 26.4 Å². The summed E-state index contributed by atoms with van der Waals surface area (Å²) in [5.74, 6) is 0.745. The summed E-state index contributed by atoms with van der Waals surface area (Å²) in [4.78, 5) is 2.32. The van der Waals surface area contributed by atoms with E-state index in [1.807, 2.05) is 0 Å². The maximum atomic E-state index is 10.7. The minimum atomic E-state index is -0.445. The standard InChI is InChI=1S/C11H22N2O/c1-13-7-9-4-2-3-5-11(9,14)10(6-12)8-13/h9-10,14H,2-8,12H2,1H3. The van der Waals surface area contributed by atoms with E-state index < -0.39 is 5.60 Å². The molecule has 3 N–H and O–H groups in total. The van der Waals surface area contributed by atoms with Crippen LogP contribution in [0.3, 0.4) is 0 Å². The van der Waals surface area contributed by atoms with Crippen molar-refractivity contribution in [2.45, 2.75) is 31.3 Å². The van der Waals surface area contributed by atoms with Gasteiger partial charge in [-0.25, -0.2) is 0 Å². The molecule has 1 aliphatic heterocycles. The highest BCUT2D eigenvalue weighted by Crippen LogP contribution is 2.42. The summed E-state index contributed by atoms with van der Waals surface area (Å²) in [6.07, 6.45) is 4.59. The van der Waals surface area contributed by atoms with Crippen LogP contribution in [-0.4, -0.2) is 42.3 Å². The predicted octanol–water partition coefficient (Wildman–Crippen LogP) is 0.428. The zero-order chi connectivity index (χ0) is 10.2. The van der Waals surface area contributed by atoms with Gasteiger partial charge in [-0.3, -0.25) is 0 Å². The van der Waals surface area contributed by atoms with E-state index in [2.05, 4.69) is 11.9 Å². The lowest BCUT2D eigenvalue weighted by atomic mass is 9.66. The number of likely N-dealkylation sites (tertiary alicyclic amines) is 1. The van der Waals surface area contributed by atoms with Gasteiger partial charge in [0.25, 0.3) is 0 Å². The van der Waals surface area contributed by atoms with E-state index in [0.29, 0.717) is 12.5 Å². The summed E-state index contributed by atoms with van der Waals surface area (Å²) in [7, 11) is 2.14. The molecular weight excluding hydrogens is 176 g/mol. The highest BCUT2D eigenvalue weighted by Gasteiger charge is 2.47. The van der Waals surface area contributed by atoms with Crippen LogP contribution in [0, 0.1) is 11.8 Å². The second-order valence-electron chi connectivity index (χ2n) is 5.09. The quantitative estimate of drug-likeness (QED) is 0.642. The third kappa shape index (κ3) is 1.58. The number of aliphatic hydroxyl groups is 1. The van der Waals surface area contributed by atoms with E-state index in [9.17, 15) is 5.11 Å². The molecule has 0 aromatic carbocycles. The molecule has 14 heavy (non-hydrogen) atoms. The van der Waals surface area contributed by atoms with Crippen LogP contribution < -0.4 is 5.73 Å². The third-order valence-corrected chi connectivity index (χ3v) is 4.14. The molecule has 2 fully saturated rings. The van der Waals surface area contributed by atoms with E-state index in [4.69, 9.17) is 5.73 Å². The molecule has 0 aromatic heterocycles. The minimum absolute atomic E-state index is 0.284. The van der Waals surface area contributed by atoms with E-state index in [-0.39, 0.29) is 5.92 Å². The molecule has 0 radical (unpaired) electrons. The molecule has 2 aliphatic rings. The van der Waals surface area contributed by atoms with Gasteiger partial charge in [0, 0.05) is 24.9 Å². The summed E-state index contributed by atoms with van der Waals surface area (Å²) >= 11 is 0. The molecule has 1 saturated carbocycles. The second-order valence-corrected chi connectivity index (χ2v) is 5.09. The molecule has 3 heteroatoms. The molecule has 82 valence electrons. The van der Waals surface area contributed by atoms with Crippen molar-refractivity contribution in [2.75, 3.05) is 26.7 Å². The van der Waals surface area contributed by atoms with Crippen LogP contribution in [0.2, 0.25) is 0 Å². The van der Waals surface area contributed by atoms with Crippen LogP contribution in [0.1, 0.15) is 25.7 Å². The fourth-order valence-electron chi connectivity index (χ4n) is 3.30. The van der Waals surface area contributed by atoms with Crippen LogP contribution in [0.15, 0.2) is 0 Å². The summed E-state index contributed by atoms with van der Waals surface area (Å²) in [6.45, 7) is 2.63. The van der Waals surface area contributed by atoms with Gasteiger partial charge in [-0.15, -0.1) is 0 Å². The maximum absolute atomic E-state index is 10.7. The highest BCUT2D eigenvalue weighted by molar-refractivity contribution is 5.00. The highest BCUT2D eigenvalue weighted by atomic mass is 16.3. The fraction of sp³-hybridized carbons (Fsp3) is 1.00. The van der Waals surface area contributed by atoms with E-state index in [1.54, 1.807) is 0 Å². The van der Waals surface area contributed by atoms with Gasteiger partial charge in [-0.2, -0.15) is 0 Å². The van der Waals surface area contributed by atoms with Crippen molar-refractivity contribution in [2.24, 2.45) is 17.6 Å². The Balaban J connectivity index is 2.16. The van der Waals surface area contributed by atoms with Gasteiger partial charge < -0.3 is 15.7 Å². The second kappa shape index (κ2) is 3.80. The van der Waals surface area contributed by atoms with E-state index in [0.717, 1.165) is 19.5 Å². The number of nitrogens with two attached hydrogens (primary N) is 1. The van der Waals surface area contributed by atoms with E-state index in [1.165, 1.54) is 19.3 Å². The topological polar surface area (TPSA) is 49.5 Å². The molecule has 0 spiro atoms. The molecule has 3 atom stereocenters. The molecule has 0 amide bonds. The molecule has 1 heterocycles. The van der Waals surface area contributed by atoms with Crippen LogP contribution in [0.25, 0.3) is 0 Å². The first-order chi connectivity index (χ1) is 6.66. The summed E-state index contributed by atoms with van der Waals surface area (Å²) in [5, 5.41) is 10.7. The van der Waals surface area contributed by atoms with Gasteiger partial charge in [0.2, 0.25) is 0 Å². The first-order valence-corrected chi connectivity index (χ1v) is 5.78. The Kier molecular flexibility index (Phi) is 2.82. The zero-order valence-corrected chi connectivity index (χ0v) is 9.08. The lowest BCUT2D eigenvalue weighted by Crippen LogP contribution is -2.60. The monoisotopic (exact) mass is 198 g/mol. The molecule has 3 nitrogen and oxygen atoms in total. The lowest BCUT2D eigenvalue weighted by Gasteiger charge is -2.51. The Morgan fingerprint density at radius 3 is 2.93 bits per heavy atom. The van der Waals surface area contributed by atoms with Gasteiger partial charge in [-0.1, -0.05) is 12.8 Å². The van der Waals surface area contributed by atoms with Crippen molar-refractivity contribution in [3.8, 4) is 0 Å². The van der Waals surface area contributed by atoms with Crippen LogP contribution in [0.4, 0.5) is 0 Å². The van der Waals surface area contributed by atoms with Crippen molar-refractivity contribution in [1.82, 2.24) is 4.90 Å². The Morgan fingerprint density at radius 1 is 1.43 bits per heavy atom. The molecule has 0 aromatic rings. The number of fused-ring (bicyclic) bond motifs is 1. The van der Waals surface area contributed by atoms with Crippen LogP contribution in [0.5, 0.6) is 0 Å². The van der Waals surface area contributed by atoms with Crippen molar-refractivity contribution >= 4 is 0 Å². The average Bonchev–Trinajstić information content (AvgIpc) is 2.17. The van der Waals surface area contributed by atoms with Gasteiger partial charge in [0.15, 0.2) is 0 Å². The van der Waals surface area contributed by atoms with Crippen molar-refractivity contribution < 1.29 is 5.11 Å². The fourth-order valence-corrected chi connectivity index (χ4v) is 3.30. The van der Waals surface area contributed by atoms with Gasteiger partial charge in [0.1, 0.15) is 0 Å². The first-order valence-electron chi connectivity index (χ1n) is 5.78. The zero-order valence-electron chi connectivity index (χ0n) is 9.08. The Hall–Kier alpha value is -0.120. The number of hydrogen-bond donors (Lipinski definition) is 2. The predicted molar refractivity (Wildman–Crippen MR) is 56.9 cm³/mol. The number of nitrogens with zero attached hydrogens (tertiary/aromatic N) is 1. The molecule has 3 unspecified atom stereocenters. The lowest BCUT2D eigenvalue weighted by molar-refractivity contribution is -0.130. The number of rotatable bonds is 1. The molecule has 0 bridgehead atoms. The molecule has 2 rings (SSSR count). The normalized spacial score (nSPS) is 44.8.